The molecule has 2 heterocycles. The SMILES string of the molecule is CC(N[C@@H](C)c1ccccn1)c1sccc1Br. The summed E-state index contributed by atoms with van der Waals surface area (Å²) in [6, 6.07) is 8.67. The van der Waals surface area contributed by atoms with Gasteiger partial charge >= 0.3 is 0 Å². The number of aromatic nitrogens is 1. The van der Waals surface area contributed by atoms with E-state index in [1.165, 1.54) is 9.35 Å². The molecule has 2 atom stereocenters. The lowest BCUT2D eigenvalue weighted by molar-refractivity contribution is 0.490. The molecule has 0 spiro atoms. The zero-order chi connectivity index (χ0) is 12.3. The first-order valence-corrected chi connectivity index (χ1v) is 7.25. The second-order valence-corrected chi connectivity index (χ2v) is 5.80. The summed E-state index contributed by atoms with van der Waals surface area (Å²) in [5, 5.41) is 5.66. The van der Waals surface area contributed by atoms with Gasteiger partial charge in [0, 0.05) is 27.6 Å². The Labute approximate surface area is 114 Å². The molecule has 0 saturated heterocycles. The van der Waals surface area contributed by atoms with Crippen molar-refractivity contribution in [1.29, 1.82) is 0 Å². The molecule has 0 bridgehead atoms. The number of nitrogens with one attached hydrogen (secondary N) is 1. The van der Waals surface area contributed by atoms with E-state index in [9.17, 15) is 0 Å². The van der Waals surface area contributed by atoms with E-state index < -0.39 is 0 Å². The highest BCUT2D eigenvalue weighted by Gasteiger charge is 2.14. The Balaban J connectivity index is 2.05. The number of nitrogens with zero attached hydrogens (tertiary/aromatic N) is 1. The first kappa shape index (κ1) is 12.7. The van der Waals surface area contributed by atoms with Crippen molar-refractivity contribution in [3.8, 4) is 0 Å². The molecule has 0 radical (unpaired) electrons. The fourth-order valence-electron chi connectivity index (χ4n) is 1.78. The number of pyridine rings is 1. The normalized spacial score (nSPS) is 14.5. The van der Waals surface area contributed by atoms with Crippen LogP contribution in [0.25, 0.3) is 0 Å². The van der Waals surface area contributed by atoms with Crippen LogP contribution in [-0.2, 0) is 0 Å². The van der Waals surface area contributed by atoms with Gasteiger partial charge in [0.25, 0.3) is 0 Å². The number of hydrogen-bond donors (Lipinski definition) is 1. The molecule has 17 heavy (non-hydrogen) atoms. The first-order valence-electron chi connectivity index (χ1n) is 5.58. The minimum Gasteiger partial charge on any atom is -0.301 e. The average molecular weight is 311 g/mol. The first-order chi connectivity index (χ1) is 8.18. The van der Waals surface area contributed by atoms with E-state index in [2.05, 4.69) is 51.5 Å². The van der Waals surface area contributed by atoms with E-state index in [-0.39, 0.29) is 6.04 Å². The quantitative estimate of drug-likeness (QED) is 0.909. The Morgan fingerprint density at radius 3 is 2.65 bits per heavy atom. The average Bonchev–Trinajstić information content (AvgIpc) is 2.76. The third-order valence-electron chi connectivity index (χ3n) is 2.67. The van der Waals surface area contributed by atoms with Gasteiger partial charge < -0.3 is 5.32 Å². The molecule has 0 aliphatic heterocycles. The number of hydrogen-bond acceptors (Lipinski definition) is 3. The van der Waals surface area contributed by atoms with Gasteiger partial charge in [-0.05, 0) is 53.4 Å². The monoisotopic (exact) mass is 310 g/mol. The van der Waals surface area contributed by atoms with E-state index in [0.29, 0.717) is 6.04 Å². The Bertz CT molecular complexity index is 469. The zero-order valence-electron chi connectivity index (χ0n) is 9.85. The molecule has 0 amide bonds. The largest absolute Gasteiger partial charge is 0.301 e. The lowest BCUT2D eigenvalue weighted by atomic mass is 10.1. The molecule has 0 aliphatic carbocycles. The molecule has 0 saturated carbocycles. The van der Waals surface area contributed by atoms with Crippen molar-refractivity contribution in [2.24, 2.45) is 0 Å². The number of halogens is 1. The summed E-state index contributed by atoms with van der Waals surface area (Å²) in [5.41, 5.74) is 1.08. The van der Waals surface area contributed by atoms with Crippen LogP contribution in [0.4, 0.5) is 0 Å². The van der Waals surface area contributed by atoms with E-state index in [1.54, 1.807) is 11.3 Å². The third-order valence-corrected chi connectivity index (χ3v) is 4.72. The molecule has 1 unspecified atom stereocenters. The fraction of sp³-hybridized carbons (Fsp3) is 0.308. The summed E-state index contributed by atoms with van der Waals surface area (Å²) in [6.45, 7) is 4.32. The maximum Gasteiger partial charge on any atom is 0.0570 e. The Kier molecular flexibility index (Phi) is 4.31. The smallest absolute Gasteiger partial charge is 0.0570 e. The van der Waals surface area contributed by atoms with E-state index >= 15 is 0 Å². The Hall–Kier alpha value is -0.710. The van der Waals surface area contributed by atoms with Crippen LogP contribution >= 0.6 is 27.3 Å². The summed E-state index contributed by atoms with van der Waals surface area (Å²) in [5.74, 6) is 0. The molecule has 2 aromatic rings. The predicted molar refractivity (Wildman–Crippen MR) is 76.2 cm³/mol. The van der Waals surface area contributed by atoms with Gasteiger partial charge in [0.1, 0.15) is 0 Å². The lowest BCUT2D eigenvalue weighted by Gasteiger charge is -2.19. The molecule has 4 heteroatoms. The highest BCUT2D eigenvalue weighted by Crippen LogP contribution is 2.30. The number of thiophene rings is 1. The molecule has 1 N–H and O–H groups in total. The van der Waals surface area contributed by atoms with Crippen molar-refractivity contribution in [2.45, 2.75) is 25.9 Å². The second kappa shape index (κ2) is 5.76. The molecule has 2 rings (SSSR count). The summed E-state index contributed by atoms with van der Waals surface area (Å²) in [6.07, 6.45) is 1.83. The summed E-state index contributed by atoms with van der Waals surface area (Å²) in [7, 11) is 0. The maximum absolute atomic E-state index is 4.36. The van der Waals surface area contributed by atoms with Crippen LogP contribution in [-0.4, -0.2) is 4.98 Å². The standard InChI is InChI=1S/C13H15BrN2S/c1-9(12-5-3-4-7-15-12)16-10(2)13-11(14)6-8-17-13/h3-10,16H,1-2H3/t9-,10?/m0/s1. The summed E-state index contributed by atoms with van der Waals surface area (Å²) < 4.78 is 1.18. The second-order valence-electron chi connectivity index (χ2n) is 4.00. The topological polar surface area (TPSA) is 24.9 Å². The zero-order valence-corrected chi connectivity index (χ0v) is 12.3. The van der Waals surface area contributed by atoms with Crippen LogP contribution in [0.3, 0.4) is 0 Å². The number of rotatable bonds is 4. The van der Waals surface area contributed by atoms with Gasteiger partial charge in [0.05, 0.1) is 5.69 Å². The van der Waals surface area contributed by atoms with E-state index in [1.807, 2.05) is 24.4 Å². The van der Waals surface area contributed by atoms with Gasteiger partial charge in [0.2, 0.25) is 0 Å². The highest BCUT2D eigenvalue weighted by atomic mass is 79.9. The molecule has 2 nitrogen and oxygen atoms in total. The van der Waals surface area contributed by atoms with Crippen molar-refractivity contribution in [1.82, 2.24) is 10.3 Å². The Morgan fingerprint density at radius 1 is 1.24 bits per heavy atom. The van der Waals surface area contributed by atoms with E-state index in [4.69, 9.17) is 0 Å². The minimum atomic E-state index is 0.250. The van der Waals surface area contributed by atoms with Crippen molar-refractivity contribution in [3.05, 3.63) is 50.9 Å². The van der Waals surface area contributed by atoms with Gasteiger partial charge in [-0.1, -0.05) is 6.07 Å². The molecule has 90 valence electrons. The van der Waals surface area contributed by atoms with Gasteiger partial charge in [-0.3, -0.25) is 4.98 Å². The van der Waals surface area contributed by atoms with Crippen LogP contribution in [0.1, 0.15) is 36.5 Å². The van der Waals surface area contributed by atoms with Crippen LogP contribution in [0.15, 0.2) is 40.3 Å². The van der Waals surface area contributed by atoms with Crippen LogP contribution < -0.4 is 5.32 Å². The van der Waals surface area contributed by atoms with Crippen molar-refractivity contribution in [3.63, 3.8) is 0 Å². The fourth-order valence-corrected chi connectivity index (χ4v) is 3.52. The van der Waals surface area contributed by atoms with Gasteiger partial charge in [-0.25, -0.2) is 0 Å². The van der Waals surface area contributed by atoms with Crippen LogP contribution in [0.5, 0.6) is 0 Å². The van der Waals surface area contributed by atoms with E-state index in [0.717, 1.165) is 5.69 Å². The Morgan fingerprint density at radius 2 is 2.06 bits per heavy atom. The van der Waals surface area contributed by atoms with Crippen LogP contribution in [0.2, 0.25) is 0 Å². The van der Waals surface area contributed by atoms with Gasteiger partial charge in [0.15, 0.2) is 0 Å². The molecule has 0 aliphatic rings. The molecule has 0 fully saturated rings. The summed E-state index contributed by atoms with van der Waals surface area (Å²) in [4.78, 5) is 5.69. The van der Waals surface area contributed by atoms with Crippen molar-refractivity contribution < 1.29 is 0 Å². The highest BCUT2D eigenvalue weighted by molar-refractivity contribution is 9.10. The summed E-state index contributed by atoms with van der Waals surface area (Å²) >= 11 is 5.33. The maximum atomic E-state index is 4.36. The van der Waals surface area contributed by atoms with Crippen molar-refractivity contribution >= 4 is 27.3 Å². The molecular formula is C13H15BrN2S. The van der Waals surface area contributed by atoms with Crippen LogP contribution in [0, 0.1) is 0 Å². The predicted octanol–water partition coefficient (Wildman–Crippen LogP) is 4.32. The third kappa shape index (κ3) is 3.15. The molecule has 0 aromatic carbocycles. The molecular weight excluding hydrogens is 296 g/mol. The lowest BCUT2D eigenvalue weighted by Crippen LogP contribution is -2.22. The van der Waals surface area contributed by atoms with Crippen molar-refractivity contribution in [2.75, 3.05) is 0 Å². The minimum absolute atomic E-state index is 0.250. The van der Waals surface area contributed by atoms with Gasteiger partial charge in [-0.2, -0.15) is 0 Å². The van der Waals surface area contributed by atoms with Gasteiger partial charge in [-0.15, -0.1) is 11.3 Å². The molecule has 2 aromatic heterocycles.